The lowest BCUT2D eigenvalue weighted by Gasteiger charge is -2.19. The van der Waals surface area contributed by atoms with Gasteiger partial charge in [0.2, 0.25) is 0 Å². The van der Waals surface area contributed by atoms with E-state index in [0.717, 1.165) is 29.9 Å². The highest BCUT2D eigenvalue weighted by molar-refractivity contribution is 7.99. The summed E-state index contributed by atoms with van der Waals surface area (Å²) in [5.41, 5.74) is 2.91. The van der Waals surface area contributed by atoms with Gasteiger partial charge in [0.1, 0.15) is 6.61 Å². The first-order valence-corrected chi connectivity index (χ1v) is 7.66. The van der Waals surface area contributed by atoms with E-state index < -0.39 is 6.09 Å². The molecule has 0 aromatic heterocycles. The predicted molar refractivity (Wildman–Crippen MR) is 75.9 cm³/mol. The van der Waals surface area contributed by atoms with E-state index in [-0.39, 0.29) is 18.5 Å². The van der Waals surface area contributed by atoms with Gasteiger partial charge in [-0.05, 0) is 29.9 Å². The normalized spacial score (nSPS) is 15.4. The van der Waals surface area contributed by atoms with Crippen LogP contribution in [0.1, 0.15) is 18.4 Å². The van der Waals surface area contributed by atoms with Crippen LogP contribution in [0.15, 0.2) is 30.3 Å². The van der Waals surface area contributed by atoms with Crippen LogP contribution in [-0.2, 0) is 21.0 Å². The van der Waals surface area contributed by atoms with E-state index in [1.54, 1.807) is 0 Å². The van der Waals surface area contributed by atoms with Gasteiger partial charge >= 0.3 is 12.1 Å². The monoisotopic (exact) mass is 295 g/mol. The molecule has 1 aliphatic heterocycles. The second-order valence-electron chi connectivity index (χ2n) is 4.47. The Morgan fingerprint density at radius 2 is 1.90 bits per heavy atom. The van der Waals surface area contributed by atoms with Crippen LogP contribution < -0.4 is 5.48 Å². The average Bonchev–Trinajstić information content (AvgIpc) is 2.52. The Hall–Kier alpha value is -1.69. The molecule has 1 aliphatic rings. The van der Waals surface area contributed by atoms with Crippen LogP contribution >= 0.6 is 11.8 Å². The first-order chi connectivity index (χ1) is 9.75. The van der Waals surface area contributed by atoms with Crippen LogP contribution in [0, 0.1) is 5.92 Å². The molecular formula is C14H17NO4S. The van der Waals surface area contributed by atoms with E-state index in [1.807, 2.05) is 47.6 Å². The summed E-state index contributed by atoms with van der Waals surface area (Å²) in [6.45, 7) is 0.143. The first-order valence-electron chi connectivity index (χ1n) is 6.51. The molecule has 2 rings (SSSR count). The molecule has 0 radical (unpaired) electrons. The van der Waals surface area contributed by atoms with Gasteiger partial charge in [0.25, 0.3) is 0 Å². The fourth-order valence-electron chi connectivity index (χ4n) is 1.86. The third kappa shape index (κ3) is 4.77. The van der Waals surface area contributed by atoms with Crippen molar-refractivity contribution in [2.75, 3.05) is 11.5 Å². The molecule has 1 aromatic carbocycles. The highest BCUT2D eigenvalue weighted by Crippen LogP contribution is 2.23. The van der Waals surface area contributed by atoms with E-state index in [1.165, 1.54) is 0 Å². The van der Waals surface area contributed by atoms with Gasteiger partial charge in [0, 0.05) is 0 Å². The third-order valence-electron chi connectivity index (χ3n) is 3.00. The van der Waals surface area contributed by atoms with Gasteiger partial charge < -0.3 is 9.57 Å². The van der Waals surface area contributed by atoms with Crippen LogP contribution in [0.2, 0.25) is 0 Å². The summed E-state index contributed by atoms with van der Waals surface area (Å²) in [5.74, 6) is 1.41. The highest BCUT2D eigenvalue weighted by Gasteiger charge is 2.23. The maximum Gasteiger partial charge on any atom is 0.441 e. The maximum atomic E-state index is 11.7. The lowest BCUT2D eigenvalue weighted by atomic mass is 10.0. The SMILES string of the molecule is O=C(NOC(=O)C1CCSCC1)OCc1ccccc1. The van der Waals surface area contributed by atoms with Crippen molar-refractivity contribution in [1.82, 2.24) is 5.48 Å². The minimum absolute atomic E-state index is 0.120. The summed E-state index contributed by atoms with van der Waals surface area (Å²) in [6, 6.07) is 9.29. The van der Waals surface area contributed by atoms with Crippen molar-refractivity contribution >= 4 is 23.8 Å². The topological polar surface area (TPSA) is 64.6 Å². The van der Waals surface area contributed by atoms with Crippen LogP contribution in [0.25, 0.3) is 0 Å². The van der Waals surface area contributed by atoms with Crippen LogP contribution in [0.4, 0.5) is 4.79 Å². The largest absolute Gasteiger partial charge is 0.443 e. The van der Waals surface area contributed by atoms with E-state index in [0.29, 0.717) is 0 Å². The molecule has 20 heavy (non-hydrogen) atoms. The molecule has 1 heterocycles. The zero-order valence-electron chi connectivity index (χ0n) is 11.0. The molecule has 1 fully saturated rings. The lowest BCUT2D eigenvalue weighted by molar-refractivity contribution is -0.155. The Labute approximate surface area is 122 Å². The van der Waals surface area contributed by atoms with Crippen molar-refractivity contribution in [1.29, 1.82) is 0 Å². The molecule has 0 bridgehead atoms. The highest BCUT2D eigenvalue weighted by atomic mass is 32.2. The number of ether oxygens (including phenoxy) is 1. The summed E-state index contributed by atoms with van der Waals surface area (Å²) in [5, 5.41) is 0. The van der Waals surface area contributed by atoms with Crippen LogP contribution in [0.3, 0.4) is 0 Å². The molecule has 1 aromatic rings. The van der Waals surface area contributed by atoms with Crippen LogP contribution in [0.5, 0.6) is 0 Å². The van der Waals surface area contributed by atoms with Gasteiger partial charge in [-0.15, -0.1) is 5.48 Å². The van der Waals surface area contributed by atoms with Crippen molar-refractivity contribution in [3.05, 3.63) is 35.9 Å². The Morgan fingerprint density at radius 1 is 1.20 bits per heavy atom. The van der Waals surface area contributed by atoms with Crippen molar-refractivity contribution in [3.63, 3.8) is 0 Å². The minimum Gasteiger partial charge on any atom is -0.443 e. The molecule has 6 heteroatoms. The van der Waals surface area contributed by atoms with Gasteiger partial charge in [-0.3, -0.25) is 0 Å². The standard InChI is InChI=1S/C14H17NO4S/c16-13(12-6-8-20-9-7-12)19-15-14(17)18-10-11-4-2-1-3-5-11/h1-5,12H,6-10H2,(H,15,17). The van der Waals surface area contributed by atoms with Crippen molar-refractivity contribution in [3.8, 4) is 0 Å². The van der Waals surface area contributed by atoms with Crippen molar-refractivity contribution < 1.29 is 19.2 Å². The summed E-state index contributed by atoms with van der Waals surface area (Å²) < 4.78 is 4.93. The number of hydroxylamine groups is 1. The predicted octanol–water partition coefficient (Wildman–Crippen LogP) is 2.51. The minimum atomic E-state index is -0.757. The zero-order valence-corrected chi connectivity index (χ0v) is 11.9. The number of rotatable bonds is 3. The van der Waals surface area contributed by atoms with E-state index in [2.05, 4.69) is 0 Å². The zero-order chi connectivity index (χ0) is 14.2. The summed E-state index contributed by atoms with van der Waals surface area (Å²) >= 11 is 1.83. The van der Waals surface area contributed by atoms with Crippen molar-refractivity contribution in [2.45, 2.75) is 19.4 Å². The number of nitrogens with one attached hydrogen (secondary N) is 1. The number of hydrogen-bond acceptors (Lipinski definition) is 5. The van der Waals surface area contributed by atoms with Gasteiger partial charge in [0.15, 0.2) is 0 Å². The molecule has 108 valence electrons. The summed E-state index contributed by atoms with van der Waals surface area (Å²) in [6.07, 6.45) is 0.835. The number of benzene rings is 1. The molecular weight excluding hydrogens is 278 g/mol. The molecule has 5 nitrogen and oxygen atoms in total. The molecule has 1 N–H and O–H groups in total. The van der Waals surface area contributed by atoms with Crippen LogP contribution in [-0.4, -0.2) is 23.6 Å². The number of thioether (sulfide) groups is 1. The number of carbonyl (C=O) groups excluding carboxylic acids is 2. The smallest absolute Gasteiger partial charge is 0.441 e. The van der Waals surface area contributed by atoms with Gasteiger partial charge in [-0.1, -0.05) is 30.3 Å². The summed E-state index contributed by atoms with van der Waals surface area (Å²) in [4.78, 5) is 27.8. The van der Waals surface area contributed by atoms with Gasteiger partial charge in [-0.25, -0.2) is 9.59 Å². The molecule has 1 saturated heterocycles. The third-order valence-corrected chi connectivity index (χ3v) is 4.05. The Morgan fingerprint density at radius 3 is 2.60 bits per heavy atom. The number of hydrogen-bond donors (Lipinski definition) is 1. The Balaban J connectivity index is 1.65. The van der Waals surface area contributed by atoms with Crippen molar-refractivity contribution in [2.24, 2.45) is 5.92 Å². The first kappa shape index (κ1) is 14.7. The van der Waals surface area contributed by atoms with Gasteiger partial charge in [-0.2, -0.15) is 11.8 Å². The van der Waals surface area contributed by atoms with E-state index in [9.17, 15) is 9.59 Å². The number of amides is 1. The van der Waals surface area contributed by atoms with E-state index in [4.69, 9.17) is 9.57 Å². The Bertz CT molecular complexity index is 446. The molecule has 0 aliphatic carbocycles. The second-order valence-corrected chi connectivity index (χ2v) is 5.70. The van der Waals surface area contributed by atoms with E-state index >= 15 is 0 Å². The molecule has 0 spiro atoms. The summed E-state index contributed by atoms with van der Waals surface area (Å²) in [7, 11) is 0. The second kappa shape index (κ2) is 7.79. The molecule has 0 saturated carbocycles. The maximum absolute atomic E-state index is 11.7. The molecule has 0 unspecified atom stereocenters. The molecule has 0 atom stereocenters. The number of carbonyl (C=O) groups is 2. The fraction of sp³-hybridized carbons (Fsp3) is 0.429. The fourth-order valence-corrected chi connectivity index (χ4v) is 2.97. The van der Waals surface area contributed by atoms with Gasteiger partial charge in [0.05, 0.1) is 5.92 Å². The quantitative estimate of drug-likeness (QED) is 0.868. The Kier molecular flexibility index (Phi) is 5.73. The average molecular weight is 295 g/mol. The lowest BCUT2D eigenvalue weighted by Crippen LogP contribution is -2.32. The molecule has 1 amide bonds.